The first kappa shape index (κ1) is 22.1. The number of methoxy groups -OCH3 is 2. The van der Waals surface area contributed by atoms with Gasteiger partial charge in [-0.3, -0.25) is 14.9 Å². The van der Waals surface area contributed by atoms with Crippen LogP contribution in [-0.4, -0.2) is 37.6 Å². The SMILES string of the molecule is COc1ccc(NC(=O)COc2ccc(C(=O)Nc3nc(C)c(C)s3)cc2OC)cc1. The summed E-state index contributed by atoms with van der Waals surface area (Å²) in [5.74, 6) is 0.754. The fourth-order valence-corrected chi connectivity index (χ4v) is 3.45. The number of ether oxygens (including phenoxy) is 3. The van der Waals surface area contributed by atoms with E-state index in [9.17, 15) is 9.59 Å². The summed E-state index contributed by atoms with van der Waals surface area (Å²) >= 11 is 1.41. The van der Waals surface area contributed by atoms with Crippen molar-refractivity contribution >= 4 is 34.0 Å². The Morgan fingerprint density at radius 1 is 0.968 bits per heavy atom. The van der Waals surface area contributed by atoms with E-state index in [0.29, 0.717) is 33.6 Å². The van der Waals surface area contributed by atoms with Crippen LogP contribution in [0.25, 0.3) is 0 Å². The predicted molar refractivity (Wildman–Crippen MR) is 120 cm³/mol. The number of amides is 2. The highest BCUT2D eigenvalue weighted by Gasteiger charge is 2.14. The number of aryl methyl sites for hydroxylation is 2. The monoisotopic (exact) mass is 441 g/mol. The Morgan fingerprint density at radius 2 is 1.71 bits per heavy atom. The second-order valence-electron chi connectivity index (χ2n) is 6.55. The van der Waals surface area contributed by atoms with Gasteiger partial charge in [-0.1, -0.05) is 0 Å². The van der Waals surface area contributed by atoms with E-state index in [4.69, 9.17) is 14.2 Å². The molecule has 8 nitrogen and oxygen atoms in total. The Labute approximate surface area is 184 Å². The molecule has 0 spiro atoms. The van der Waals surface area contributed by atoms with Gasteiger partial charge in [0, 0.05) is 16.1 Å². The fourth-order valence-electron chi connectivity index (χ4n) is 2.64. The minimum absolute atomic E-state index is 0.217. The summed E-state index contributed by atoms with van der Waals surface area (Å²) < 4.78 is 16.0. The van der Waals surface area contributed by atoms with Crippen LogP contribution in [0.3, 0.4) is 0 Å². The molecule has 0 aliphatic heterocycles. The van der Waals surface area contributed by atoms with Gasteiger partial charge in [-0.15, -0.1) is 11.3 Å². The van der Waals surface area contributed by atoms with Crippen LogP contribution in [0.5, 0.6) is 17.2 Å². The molecule has 2 aromatic carbocycles. The van der Waals surface area contributed by atoms with Gasteiger partial charge in [-0.25, -0.2) is 4.98 Å². The van der Waals surface area contributed by atoms with E-state index in [1.165, 1.54) is 18.4 Å². The van der Waals surface area contributed by atoms with Crippen molar-refractivity contribution in [3.63, 3.8) is 0 Å². The quantitative estimate of drug-likeness (QED) is 0.547. The summed E-state index contributed by atoms with van der Waals surface area (Å²) in [6, 6.07) is 11.7. The molecule has 0 aliphatic carbocycles. The van der Waals surface area contributed by atoms with Crippen LogP contribution in [-0.2, 0) is 4.79 Å². The first-order valence-corrected chi connectivity index (χ1v) is 10.2. The molecule has 31 heavy (non-hydrogen) atoms. The van der Waals surface area contributed by atoms with Crippen molar-refractivity contribution in [2.75, 3.05) is 31.5 Å². The maximum atomic E-state index is 12.5. The van der Waals surface area contributed by atoms with Crippen molar-refractivity contribution < 1.29 is 23.8 Å². The first-order chi connectivity index (χ1) is 14.9. The molecule has 3 aromatic rings. The molecular formula is C22H23N3O5S. The Kier molecular flexibility index (Phi) is 7.09. The van der Waals surface area contributed by atoms with Crippen LogP contribution in [0.4, 0.5) is 10.8 Å². The predicted octanol–water partition coefficient (Wildman–Crippen LogP) is 4.05. The second kappa shape index (κ2) is 9.94. The first-order valence-electron chi connectivity index (χ1n) is 9.39. The van der Waals surface area contributed by atoms with Crippen LogP contribution in [0.15, 0.2) is 42.5 Å². The van der Waals surface area contributed by atoms with Gasteiger partial charge in [0.1, 0.15) is 5.75 Å². The van der Waals surface area contributed by atoms with Crippen molar-refractivity contribution in [3.8, 4) is 17.2 Å². The number of hydrogen-bond donors (Lipinski definition) is 2. The zero-order valence-corrected chi connectivity index (χ0v) is 18.5. The van der Waals surface area contributed by atoms with E-state index in [0.717, 1.165) is 10.6 Å². The minimum Gasteiger partial charge on any atom is -0.497 e. The number of hydrogen-bond acceptors (Lipinski definition) is 7. The molecule has 0 saturated heterocycles. The van der Waals surface area contributed by atoms with Crippen LogP contribution in [0.2, 0.25) is 0 Å². The molecule has 3 rings (SSSR count). The van der Waals surface area contributed by atoms with Gasteiger partial charge in [0.05, 0.1) is 19.9 Å². The fraction of sp³-hybridized carbons (Fsp3) is 0.227. The van der Waals surface area contributed by atoms with E-state index in [1.54, 1.807) is 49.6 Å². The lowest BCUT2D eigenvalue weighted by molar-refractivity contribution is -0.118. The standard InChI is InChI=1S/C22H23N3O5S/c1-13-14(2)31-22(23-13)25-21(27)15-5-10-18(19(11-15)29-4)30-12-20(26)24-16-6-8-17(28-3)9-7-16/h5-11H,12H2,1-4H3,(H,24,26)(H,23,25,27). The van der Waals surface area contributed by atoms with Gasteiger partial charge in [0.25, 0.3) is 11.8 Å². The highest BCUT2D eigenvalue weighted by Crippen LogP contribution is 2.29. The van der Waals surface area contributed by atoms with Gasteiger partial charge < -0.3 is 19.5 Å². The number of anilines is 2. The molecule has 0 atom stereocenters. The van der Waals surface area contributed by atoms with Crippen molar-refractivity contribution in [3.05, 3.63) is 58.6 Å². The third-order valence-electron chi connectivity index (χ3n) is 4.41. The second-order valence-corrected chi connectivity index (χ2v) is 7.75. The van der Waals surface area contributed by atoms with Gasteiger partial charge in [-0.05, 0) is 56.3 Å². The third-order valence-corrected chi connectivity index (χ3v) is 5.40. The van der Waals surface area contributed by atoms with E-state index in [-0.39, 0.29) is 18.4 Å². The summed E-state index contributed by atoms with van der Waals surface area (Å²) in [6.45, 7) is 3.62. The molecule has 9 heteroatoms. The topological polar surface area (TPSA) is 98.8 Å². The maximum absolute atomic E-state index is 12.5. The molecule has 0 unspecified atom stereocenters. The van der Waals surface area contributed by atoms with Crippen molar-refractivity contribution in [1.29, 1.82) is 0 Å². The zero-order chi connectivity index (χ0) is 22.4. The van der Waals surface area contributed by atoms with Crippen molar-refractivity contribution in [2.45, 2.75) is 13.8 Å². The third kappa shape index (κ3) is 5.73. The Balaban J connectivity index is 1.61. The Morgan fingerprint density at radius 3 is 2.32 bits per heavy atom. The number of rotatable bonds is 8. The normalized spacial score (nSPS) is 10.3. The summed E-state index contributed by atoms with van der Waals surface area (Å²) in [4.78, 5) is 30.0. The summed E-state index contributed by atoms with van der Waals surface area (Å²) in [5.41, 5.74) is 1.90. The lowest BCUT2D eigenvalue weighted by Crippen LogP contribution is -2.20. The lowest BCUT2D eigenvalue weighted by Gasteiger charge is -2.12. The Bertz CT molecular complexity index is 1060. The van der Waals surface area contributed by atoms with Gasteiger partial charge >= 0.3 is 0 Å². The van der Waals surface area contributed by atoms with Crippen LogP contribution in [0, 0.1) is 13.8 Å². The van der Waals surface area contributed by atoms with Crippen molar-refractivity contribution in [2.24, 2.45) is 0 Å². The molecule has 2 amide bonds. The number of nitrogens with zero attached hydrogens (tertiary/aromatic N) is 1. The van der Waals surface area contributed by atoms with Gasteiger partial charge in [-0.2, -0.15) is 0 Å². The molecule has 0 radical (unpaired) electrons. The van der Waals surface area contributed by atoms with Crippen molar-refractivity contribution in [1.82, 2.24) is 4.98 Å². The molecule has 162 valence electrons. The molecule has 2 N–H and O–H groups in total. The number of benzene rings is 2. The number of carbonyl (C=O) groups excluding carboxylic acids is 2. The summed E-state index contributed by atoms with van der Waals surface area (Å²) in [7, 11) is 3.04. The van der Waals surface area contributed by atoms with Crippen LogP contribution < -0.4 is 24.8 Å². The van der Waals surface area contributed by atoms with E-state index in [1.807, 2.05) is 13.8 Å². The molecule has 0 fully saturated rings. The van der Waals surface area contributed by atoms with Crippen LogP contribution >= 0.6 is 11.3 Å². The highest BCUT2D eigenvalue weighted by atomic mass is 32.1. The van der Waals surface area contributed by atoms with Gasteiger partial charge in [0.2, 0.25) is 0 Å². The lowest BCUT2D eigenvalue weighted by atomic mass is 10.2. The Hall–Kier alpha value is -3.59. The smallest absolute Gasteiger partial charge is 0.262 e. The van der Waals surface area contributed by atoms with Gasteiger partial charge in [0.15, 0.2) is 23.2 Å². The average molecular weight is 442 g/mol. The largest absolute Gasteiger partial charge is 0.497 e. The molecule has 0 saturated carbocycles. The van der Waals surface area contributed by atoms with E-state index >= 15 is 0 Å². The number of nitrogens with one attached hydrogen (secondary N) is 2. The van der Waals surface area contributed by atoms with Crippen LogP contribution in [0.1, 0.15) is 20.9 Å². The maximum Gasteiger partial charge on any atom is 0.262 e. The molecular weight excluding hydrogens is 418 g/mol. The highest BCUT2D eigenvalue weighted by molar-refractivity contribution is 7.15. The number of carbonyl (C=O) groups is 2. The number of thiazole rings is 1. The number of aromatic nitrogens is 1. The minimum atomic E-state index is -0.330. The average Bonchev–Trinajstić information content (AvgIpc) is 3.09. The van der Waals surface area contributed by atoms with E-state index < -0.39 is 0 Å². The zero-order valence-electron chi connectivity index (χ0n) is 17.6. The summed E-state index contributed by atoms with van der Waals surface area (Å²) in [5, 5.41) is 6.05. The summed E-state index contributed by atoms with van der Waals surface area (Å²) in [6.07, 6.45) is 0. The molecule has 0 bridgehead atoms. The van der Waals surface area contributed by atoms with E-state index in [2.05, 4.69) is 15.6 Å². The molecule has 1 heterocycles. The molecule has 1 aromatic heterocycles. The molecule has 0 aliphatic rings.